The highest BCUT2D eigenvalue weighted by Gasteiger charge is 2.53. The number of rotatable bonds is 7. The van der Waals surface area contributed by atoms with Crippen molar-refractivity contribution in [3.63, 3.8) is 0 Å². The summed E-state index contributed by atoms with van der Waals surface area (Å²) >= 11 is 2.39. The molecule has 2 aliphatic rings. The minimum absolute atomic E-state index is 0.103. The maximum Gasteiger partial charge on any atom is 0.352 e. The molecule has 3 unspecified atom stereocenters. The smallest absolute Gasteiger partial charge is 0.352 e. The van der Waals surface area contributed by atoms with Crippen LogP contribution >= 0.6 is 23.1 Å². The molecule has 14 heteroatoms. The summed E-state index contributed by atoms with van der Waals surface area (Å²) in [5, 5.41) is 19.1. The van der Waals surface area contributed by atoms with Crippen molar-refractivity contribution in [2.45, 2.75) is 24.4 Å². The molecule has 3 rings (SSSR count). The Labute approximate surface area is 178 Å². The second-order valence-electron chi connectivity index (χ2n) is 6.22. The van der Waals surface area contributed by atoms with E-state index in [1.165, 1.54) is 37.3 Å². The van der Waals surface area contributed by atoms with E-state index in [9.17, 15) is 24.3 Å². The van der Waals surface area contributed by atoms with Gasteiger partial charge in [-0.3, -0.25) is 19.3 Å². The molecule has 1 saturated heterocycles. The third kappa shape index (κ3) is 4.15. The number of carbonyl (C=O) groups is 4. The zero-order valence-corrected chi connectivity index (χ0v) is 17.5. The number of thioether (sulfide) groups is 1. The van der Waals surface area contributed by atoms with Crippen molar-refractivity contribution < 1.29 is 29.1 Å². The van der Waals surface area contributed by atoms with Gasteiger partial charge in [0.25, 0.3) is 11.8 Å². The summed E-state index contributed by atoms with van der Waals surface area (Å²) in [4.78, 5) is 58.1. The van der Waals surface area contributed by atoms with Crippen LogP contribution in [0.1, 0.15) is 12.6 Å². The van der Waals surface area contributed by atoms with Crippen molar-refractivity contribution in [2.75, 3.05) is 18.2 Å². The molecule has 1 fully saturated rings. The van der Waals surface area contributed by atoms with Gasteiger partial charge in [0.1, 0.15) is 29.9 Å². The monoisotopic (exact) mass is 454 g/mol. The lowest BCUT2D eigenvalue weighted by Gasteiger charge is -2.48. The van der Waals surface area contributed by atoms with E-state index in [2.05, 4.69) is 20.8 Å². The van der Waals surface area contributed by atoms with Crippen molar-refractivity contribution in [1.82, 2.24) is 15.2 Å². The zero-order valence-electron chi connectivity index (χ0n) is 15.8. The van der Waals surface area contributed by atoms with Gasteiger partial charge in [-0.15, -0.1) is 23.1 Å². The molecular weight excluding hydrogens is 436 g/mol. The van der Waals surface area contributed by atoms with Gasteiger partial charge in [-0.1, -0.05) is 5.16 Å². The van der Waals surface area contributed by atoms with E-state index in [1.807, 2.05) is 0 Å². The van der Waals surface area contributed by atoms with Gasteiger partial charge in [0.2, 0.25) is 5.91 Å². The minimum atomic E-state index is -1.20. The fourth-order valence-electron chi connectivity index (χ4n) is 2.70. The molecule has 0 aliphatic carbocycles. The number of aliphatic carboxylic acids is 1. The Hall–Kier alpha value is -2.97. The number of fused-ring (bicyclic) bond motifs is 1. The number of hydrogen-bond donors (Lipinski definition) is 4. The van der Waals surface area contributed by atoms with Gasteiger partial charge in [-0.05, 0) is 13.0 Å². The molecule has 12 nitrogen and oxygen atoms in total. The average molecular weight is 454 g/mol. The molecule has 0 radical (unpaired) electrons. The summed E-state index contributed by atoms with van der Waals surface area (Å²) in [6.07, 6.45) is 1.45. The first-order valence-corrected chi connectivity index (χ1v) is 10.5. The van der Waals surface area contributed by atoms with E-state index in [1.54, 1.807) is 0 Å². The van der Waals surface area contributed by atoms with Gasteiger partial charge in [0.15, 0.2) is 10.8 Å². The molecule has 1 aromatic rings. The minimum Gasteiger partial charge on any atom is -0.477 e. The average Bonchev–Trinajstić information content (AvgIpc) is 3.16. The highest BCUT2D eigenvalue weighted by Crippen LogP contribution is 2.37. The molecule has 30 heavy (non-hydrogen) atoms. The van der Waals surface area contributed by atoms with Gasteiger partial charge in [0, 0.05) is 11.1 Å². The van der Waals surface area contributed by atoms with Crippen LogP contribution in [0.5, 0.6) is 0 Å². The maximum atomic E-state index is 12.7. The Balaban J connectivity index is 1.72. The fraction of sp³-hybridized carbons (Fsp3) is 0.375. The van der Waals surface area contributed by atoms with Crippen molar-refractivity contribution in [1.29, 1.82) is 0 Å². The molecule has 1 aromatic heterocycles. The third-order valence-electron chi connectivity index (χ3n) is 4.14. The molecule has 2 aliphatic heterocycles. The third-order valence-corrected chi connectivity index (χ3v) is 6.08. The number of carboxylic acid groups (broad SMARTS) is 1. The number of nitrogens with two attached hydrogens (primary N) is 1. The Morgan fingerprint density at radius 3 is 2.83 bits per heavy atom. The summed E-state index contributed by atoms with van der Waals surface area (Å²) in [5.41, 5.74) is 5.33. The number of nitrogens with one attached hydrogen (secondary N) is 2. The molecule has 3 atom stereocenters. The Kier molecular flexibility index (Phi) is 6.38. The molecule has 3 amide bonds. The van der Waals surface area contributed by atoms with E-state index in [-0.39, 0.29) is 22.2 Å². The fourth-order valence-corrected chi connectivity index (χ4v) is 4.60. The van der Waals surface area contributed by atoms with Crippen LogP contribution < -0.4 is 16.4 Å². The van der Waals surface area contributed by atoms with Crippen LogP contribution in [0.3, 0.4) is 0 Å². The number of anilines is 1. The van der Waals surface area contributed by atoms with Crippen molar-refractivity contribution >= 4 is 57.6 Å². The Bertz CT molecular complexity index is 958. The van der Waals surface area contributed by atoms with Crippen LogP contribution in [-0.4, -0.2) is 74.7 Å². The standard InChI is InChI=1S/C16H18N6O6S2/c1-6(17)11(23)20-16-18-7(5-30-16)9(21-28-2)12(24)19-10-13(25)22-8(15(26)27)3-4-29-14(10)22/h3,5-6,10,14H,4,17H2,1-2H3,(H,19,24)(H,26,27)(H,18,20,23)/b21-9+. The number of carbonyl (C=O) groups excluding carboxylic acids is 3. The van der Waals surface area contributed by atoms with Crippen LogP contribution in [0.25, 0.3) is 0 Å². The van der Waals surface area contributed by atoms with Crippen LogP contribution in [0.4, 0.5) is 5.13 Å². The lowest BCUT2D eigenvalue weighted by atomic mass is 10.0. The second-order valence-corrected chi connectivity index (χ2v) is 8.22. The molecule has 0 bridgehead atoms. The number of oxime groups is 1. The lowest BCUT2D eigenvalue weighted by Crippen LogP contribution is -2.70. The number of carboxylic acids is 1. The summed E-state index contributed by atoms with van der Waals surface area (Å²) in [6, 6.07) is -1.65. The summed E-state index contributed by atoms with van der Waals surface area (Å²) in [5.74, 6) is -2.51. The van der Waals surface area contributed by atoms with Crippen molar-refractivity contribution in [2.24, 2.45) is 10.9 Å². The molecule has 0 saturated carbocycles. The lowest BCUT2D eigenvalue weighted by molar-refractivity contribution is -0.150. The predicted molar refractivity (Wildman–Crippen MR) is 109 cm³/mol. The van der Waals surface area contributed by atoms with Crippen molar-refractivity contribution in [3.8, 4) is 0 Å². The number of thiazole rings is 1. The summed E-state index contributed by atoms with van der Waals surface area (Å²) in [6.45, 7) is 1.52. The normalized spacial score (nSPS) is 21.7. The summed E-state index contributed by atoms with van der Waals surface area (Å²) < 4.78 is 0. The van der Waals surface area contributed by atoms with Crippen LogP contribution in [0, 0.1) is 0 Å². The molecular formula is C16H18N6O6S2. The van der Waals surface area contributed by atoms with E-state index < -0.39 is 41.1 Å². The number of aromatic nitrogens is 1. The first-order chi connectivity index (χ1) is 14.2. The maximum absolute atomic E-state index is 12.7. The van der Waals surface area contributed by atoms with Gasteiger partial charge >= 0.3 is 5.97 Å². The molecule has 0 aromatic carbocycles. The van der Waals surface area contributed by atoms with E-state index in [0.29, 0.717) is 5.75 Å². The van der Waals surface area contributed by atoms with Crippen molar-refractivity contribution in [3.05, 3.63) is 22.8 Å². The second kappa shape index (κ2) is 8.81. The Morgan fingerprint density at radius 2 is 2.20 bits per heavy atom. The first kappa shape index (κ1) is 21.7. The van der Waals surface area contributed by atoms with E-state index in [0.717, 1.165) is 16.2 Å². The van der Waals surface area contributed by atoms with E-state index in [4.69, 9.17) is 10.6 Å². The van der Waals surface area contributed by atoms with Gasteiger partial charge in [-0.25, -0.2) is 9.78 Å². The molecule has 3 heterocycles. The van der Waals surface area contributed by atoms with Crippen LogP contribution in [0.15, 0.2) is 22.3 Å². The van der Waals surface area contributed by atoms with Gasteiger partial charge < -0.3 is 26.3 Å². The van der Waals surface area contributed by atoms with Crippen LogP contribution in [-0.2, 0) is 24.0 Å². The number of amides is 3. The van der Waals surface area contributed by atoms with Crippen LogP contribution in [0.2, 0.25) is 0 Å². The SMILES string of the molecule is CO/N=C(/C(=O)NC1C(=O)N2C(C(=O)O)=CCSC12)c1csc(NC(=O)C(C)N)n1. The summed E-state index contributed by atoms with van der Waals surface area (Å²) in [7, 11) is 1.25. The molecule has 160 valence electrons. The predicted octanol–water partition coefficient (Wildman–Crippen LogP) is -0.852. The zero-order chi connectivity index (χ0) is 22.0. The number of hydrogen-bond acceptors (Lipinski definition) is 10. The van der Waals surface area contributed by atoms with Gasteiger partial charge in [-0.2, -0.15) is 0 Å². The molecule has 0 spiro atoms. The van der Waals surface area contributed by atoms with Gasteiger partial charge in [0.05, 0.1) is 6.04 Å². The molecule has 5 N–H and O–H groups in total. The topological polar surface area (TPSA) is 176 Å². The Morgan fingerprint density at radius 1 is 1.47 bits per heavy atom. The number of β-lactam (4-membered cyclic amide) rings is 1. The highest BCUT2D eigenvalue weighted by atomic mass is 32.2. The van der Waals surface area contributed by atoms with E-state index >= 15 is 0 Å². The quantitative estimate of drug-likeness (QED) is 0.232. The highest BCUT2D eigenvalue weighted by molar-refractivity contribution is 8.00. The first-order valence-electron chi connectivity index (χ1n) is 8.57. The largest absolute Gasteiger partial charge is 0.477 e. The number of nitrogens with zero attached hydrogens (tertiary/aromatic N) is 3.